The third-order valence-electron chi connectivity index (χ3n) is 2.95. The minimum absolute atomic E-state index is 0.0426. The van der Waals surface area contributed by atoms with Crippen molar-refractivity contribution in [3.63, 3.8) is 0 Å². The summed E-state index contributed by atoms with van der Waals surface area (Å²) in [6.07, 6.45) is 0.326. The molecule has 1 aliphatic rings. The Balaban J connectivity index is 2.29. The van der Waals surface area contributed by atoms with Crippen LogP contribution < -0.4 is 10.9 Å². The van der Waals surface area contributed by atoms with Crippen molar-refractivity contribution in [1.29, 1.82) is 0 Å². The van der Waals surface area contributed by atoms with Gasteiger partial charge in [0, 0.05) is 13.0 Å². The topological polar surface area (TPSA) is 64.0 Å². The molecule has 2 aromatic rings. The molecule has 0 saturated heterocycles. The largest absolute Gasteiger partial charge is 0.349 e. The number of para-hydroxylation sites is 1. The van der Waals surface area contributed by atoms with Crippen LogP contribution in [0.15, 0.2) is 29.1 Å². The van der Waals surface area contributed by atoms with Crippen LogP contribution in [0.5, 0.6) is 0 Å². The van der Waals surface area contributed by atoms with Gasteiger partial charge in [-0.3, -0.25) is 14.2 Å². The third-order valence-corrected chi connectivity index (χ3v) is 2.95. The van der Waals surface area contributed by atoms with E-state index in [1.54, 1.807) is 10.6 Å². The van der Waals surface area contributed by atoms with Crippen molar-refractivity contribution >= 4 is 16.8 Å². The van der Waals surface area contributed by atoms with Gasteiger partial charge in [-0.05, 0) is 12.1 Å². The van der Waals surface area contributed by atoms with Gasteiger partial charge in [0.05, 0.1) is 17.4 Å². The number of carbonyl (C=O) groups excluding carboxylic acids is 1. The summed E-state index contributed by atoms with van der Waals surface area (Å²) < 4.78 is 1.58. The van der Waals surface area contributed by atoms with E-state index in [0.717, 1.165) is 0 Å². The molecular weight excluding hydrogens is 218 g/mol. The fourth-order valence-corrected chi connectivity index (χ4v) is 2.06. The number of nitrogens with zero attached hydrogens (tertiary/aromatic N) is 2. The standard InChI is InChI=1S/C12H11N3O2/c16-11-5-6-15-10(7-13-11)14-9-4-2-1-3-8(9)12(15)17/h1-4H,5-7H2,(H,13,16). The third kappa shape index (κ3) is 1.60. The van der Waals surface area contributed by atoms with Crippen molar-refractivity contribution < 1.29 is 4.79 Å². The van der Waals surface area contributed by atoms with E-state index in [-0.39, 0.29) is 11.5 Å². The van der Waals surface area contributed by atoms with Gasteiger partial charge in [-0.1, -0.05) is 12.1 Å². The SMILES string of the molecule is O=C1CCn2c(nc3ccccc3c2=O)CN1. The van der Waals surface area contributed by atoms with Gasteiger partial charge < -0.3 is 5.32 Å². The highest BCUT2D eigenvalue weighted by Gasteiger charge is 2.15. The van der Waals surface area contributed by atoms with Crippen LogP contribution in [-0.4, -0.2) is 15.5 Å². The predicted molar refractivity (Wildman–Crippen MR) is 62.5 cm³/mol. The van der Waals surface area contributed by atoms with Crippen LogP contribution in [0.3, 0.4) is 0 Å². The smallest absolute Gasteiger partial charge is 0.261 e. The van der Waals surface area contributed by atoms with Crippen molar-refractivity contribution in [2.24, 2.45) is 0 Å². The van der Waals surface area contributed by atoms with E-state index in [9.17, 15) is 9.59 Å². The molecule has 2 heterocycles. The molecule has 0 unspecified atom stereocenters. The minimum atomic E-state index is -0.0675. The van der Waals surface area contributed by atoms with Crippen molar-refractivity contribution in [3.05, 3.63) is 40.4 Å². The highest BCUT2D eigenvalue weighted by Crippen LogP contribution is 2.09. The van der Waals surface area contributed by atoms with Crippen LogP contribution >= 0.6 is 0 Å². The number of carbonyl (C=O) groups is 1. The van der Waals surface area contributed by atoms with Gasteiger partial charge in [0.1, 0.15) is 5.82 Å². The molecule has 0 atom stereocenters. The average Bonchev–Trinajstić information content (AvgIpc) is 2.53. The lowest BCUT2D eigenvalue weighted by atomic mass is 10.2. The summed E-state index contributed by atoms with van der Waals surface area (Å²) in [4.78, 5) is 27.9. The molecule has 0 spiro atoms. The molecule has 3 rings (SSSR count). The van der Waals surface area contributed by atoms with Crippen LogP contribution in [0.1, 0.15) is 12.2 Å². The molecule has 5 heteroatoms. The van der Waals surface area contributed by atoms with Gasteiger partial charge in [0.2, 0.25) is 5.91 Å². The summed E-state index contributed by atoms with van der Waals surface area (Å²) in [7, 11) is 0. The van der Waals surface area contributed by atoms with Crippen LogP contribution in [0.4, 0.5) is 0 Å². The number of nitrogens with one attached hydrogen (secondary N) is 1. The van der Waals surface area contributed by atoms with E-state index in [1.807, 2.05) is 18.2 Å². The summed E-state index contributed by atoms with van der Waals surface area (Å²) in [5, 5.41) is 3.33. The van der Waals surface area contributed by atoms with Crippen molar-refractivity contribution in [2.75, 3.05) is 0 Å². The fraction of sp³-hybridized carbons (Fsp3) is 0.250. The Morgan fingerprint density at radius 1 is 1.24 bits per heavy atom. The molecule has 0 radical (unpaired) electrons. The maximum absolute atomic E-state index is 12.2. The van der Waals surface area contributed by atoms with E-state index >= 15 is 0 Å². The Morgan fingerprint density at radius 2 is 2.06 bits per heavy atom. The van der Waals surface area contributed by atoms with Gasteiger partial charge in [0.25, 0.3) is 5.56 Å². The first-order chi connectivity index (χ1) is 8.25. The number of benzene rings is 1. The fourth-order valence-electron chi connectivity index (χ4n) is 2.06. The Bertz CT molecular complexity index is 660. The number of aromatic nitrogens is 2. The average molecular weight is 229 g/mol. The van der Waals surface area contributed by atoms with E-state index in [2.05, 4.69) is 10.3 Å². The van der Waals surface area contributed by atoms with E-state index < -0.39 is 0 Å². The van der Waals surface area contributed by atoms with Crippen LogP contribution in [0.2, 0.25) is 0 Å². The molecule has 1 aliphatic heterocycles. The number of hydrogen-bond acceptors (Lipinski definition) is 3. The molecule has 1 N–H and O–H groups in total. The van der Waals surface area contributed by atoms with Crippen molar-refractivity contribution in [2.45, 2.75) is 19.5 Å². The Labute approximate surface area is 97.1 Å². The molecule has 0 fully saturated rings. The lowest BCUT2D eigenvalue weighted by Crippen LogP contribution is -2.25. The Kier molecular flexibility index (Phi) is 2.18. The molecule has 1 aromatic carbocycles. The highest BCUT2D eigenvalue weighted by atomic mass is 16.2. The van der Waals surface area contributed by atoms with Gasteiger partial charge >= 0.3 is 0 Å². The molecule has 5 nitrogen and oxygen atoms in total. The Hall–Kier alpha value is -2.17. The van der Waals surface area contributed by atoms with Crippen LogP contribution in [0.25, 0.3) is 10.9 Å². The summed E-state index contributed by atoms with van der Waals surface area (Å²) in [5.41, 5.74) is 0.613. The maximum atomic E-state index is 12.2. The van der Waals surface area contributed by atoms with Gasteiger partial charge in [-0.25, -0.2) is 4.98 Å². The van der Waals surface area contributed by atoms with Crippen LogP contribution in [0, 0.1) is 0 Å². The van der Waals surface area contributed by atoms with E-state index in [4.69, 9.17) is 0 Å². The predicted octanol–water partition coefficient (Wildman–Crippen LogP) is 0.416. The zero-order valence-electron chi connectivity index (χ0n) is 9.14. The maximum Gasteiger partial charge on any atom is 0.261 e. The first-order valence-corrected chi connectivity index (χ1v) is 5.51. The van der Waals surface area contributed by atoms with Gasteiger partial charge in [-0.2, -0.15) is 0 Å². The number of amides is 1. The highest BCUT2D eigenvalue weighted by molar-refractivity contribution is 5.78. The first-order valence-electron chi connectivity index (χ1n) is 5.51. The lowest BCUT2D eigenvalue weighted by Gasteiger charge is -2.08. The zero-order chi connectivity index (χ0) is 11.8. The van der Waals surface area contributed by atoms with Crippen molar-refractivity contribution in [3.8, 4) is 0 Å². The van der Waals surface area contributed by atoms with E-state index in [1.165, 1.54) is 0 Å². The normalized spacial score (nSPS) is 15.2. The van der Waals surface area contributed by atoms with Gasteiger partial charge in [0.15, 0.2) is 0 Å². The van der Waals surface area contributed by atoms with E-state index in [0.29, 0.717) is 36.2 Å². The second-order valence-corrected chi connectivity index (χ2v) is 4.03. The summed E-state index contributed by atoms with van der Waals surface area (Å²) in [6.45, 7) is 0.719. The lowest BCUT2D eigenvalue weighted by molar-refractivity contribution is -0.121. The second-order valence-electron chi connectivity index (χ2n) is 4.03. The first kappa shape index (κ1) is 10.0. The van der Waals surface area contributed by atoms with Gasteiger partial charge in [-0.15, -0.1) is 0 Å². The summed E-state index contributed by atoms with van der Waals surface area (Å²) in [5.74, 6) is 0.582. The quantitative estimate of drug-likeness (QED) is 0.712. The molecule has 1 amide bonds. The molecule has 17 heavy (non-hydrogen) atoms. The second kappa shape index (κ2) is 3.69. The van der Waals surface area contributed by atoms with Crippen molar-refractivity contribution in [1.82, 2.24) is 14.9 Å². The molecule has 1 aromatic heterocycles. The molecular formula is C12H11N3O2. The number of fused-ring (bicyclic) bond motifs is 2. The molecule has 86 valence electrons. The molecule has 0 saturated carbocycles. The van der Waals surface area contributed by atoms with Crippen LogP contribution in [-0.2, 0) is 17.9 Å². The number of rotatable bonds is 0. The Morgan fingerprint density at radius 3 is 2.94 bits per heavy atom. The summed E-state index contributed by atoms with van der Waals surface area (Å²) >= 11 is 0. The summed E-state index contributed by atoms with van der Waals surface area (Å²) in [6, 6.07) is 7.24. The zero-order valence-corrected chi connectivity index (χ0v) is 9.14. The molecule has 0 bridgehead atoms. The molecule has 0 aliphatic carbocycles. The monoisotopic (exact) mass is 229 g/mol. The number of hydrogen-bond donors (Lipinski definition) is 1. The minimum Gasteiger partial charge on any atom is -0.349 e.